The van der Waals surface area contributed by atoms with Crippen LogP contribution in [0.15, 0.2) is 30.3 Å². The summed E-state index contributed by atoms with van der Waals surface area (Å²) in [5.74, 6) is 0. The summed E-state index contributed by atoms with van der Waals surface area (Å²) in [5, 5.41) is 19.4. The van der Waals surface area contributed by atoms with Gasteiger partial charge in [0, 0.05) is 13.7 Å². The van der Waals surface area contributed by atoms with Gasteiger partial charge in [0.25, 0.3) is 0 Å². The normalized spacial score (nSPS) is 14.2. The van der Waals surface area contributed by atoms with Crippen molar-refractivity contribution < 1.29 is 19.7 Å². The number of aliphatic hydroxyl groups excluding tert-OH is 2. The minimum absolute atomic E-state index is 0.0191. The van der Waals surface area contributed by atoms with Crippen LogP contribution >= 0.6 is 0 Å². The molecular weight excluding hydrogens is 294 g/mol. The average Bonchev–Trinajstić information content (AvgIpc) is 2.49. The van der Waals surface area contributed by atoms with E-state index >= 15 is 0 Å². The lowest BCUT2D eigenvalue weighted by Gasteiger charge is -2.33. The largest absolute Gasteiger partial charge is 0.444 e. The molecule has 5 heteroatoms. The minimum atomic E-state index is -0.722. The second-order valence-corrected chi connectivity index (χ2v) is 6.78. The van der Waals surface area contributed by atoms with Crippen molar-refractivity contribution in [1.29, 1.82) is 0 Å². The van der Waals surface area contributed by atoms with Gasteiger partial charge in [0.2, 0.25) is 0 Å². The molecule has 0 radical (unpaired) electrons. The Morgan fingerprint density at radius 3 is 2.39 bits per heavy atom. The van der Waals surface area contributed by atoms with Crippen LogP contribution in [0.5, 0.6) is 0 Å². The van der Waals surface area contributed by atoms with Crippen LogP contribution in [0.1, 0.15) is 39.2 Å². The number of amides is 1. The number of carbonyl (C=O) groups excluding carboxylic acids is 1. The van der Waals surface area contributed by atoms with Gasteiger partial charge >= 0.3 is 6.09 Å². The van der Waals surface area contributed by atoms with Gasteiger partial charge in [-0.2, -0.15) is 0 Å². The maximum Gasteiger partial charge on any atom is 0.410 e. The van der Waals surface area contributed by atoms with Gasteiger partial charge in [0.05, 0.1) is 12.1 Å². The first-order chi connectivity index (χ1) is 10.7. The van der Waals surface area contributed by atoms with Crippen LogP contribution in [0, 0.1) is 0 Å². The molecule has 0 saturated carbocycles. The van der Waals surface area contributed by atoms with Gasteiger partial charge in [0.1, 0.15) is 5.60 Å². The molecule has 1 aromatic rings. The number of aliphatic hydroxyl groups is 2. The lowest BCUT2D eigenvalue weighted by molar-refractivity contribution is -0.000420. The molecule has 1 unspecified atom stereocenters. The van der Waals surface area contributed by atoms with E-state index in [0.717, 1.165) is 5.56 Å². The third-order valence-electron chi connectivity index (χ3n) is 3.57. The molecule has 1 amide bonds. The van der Waals surface area contributed by atoms with Crippen molar-refractivity contribution in [3.63, 3.8) is 0 Å². The zero-order valence-electron chi connectivity index (χ0n) is 14.5. The van der Waals surface area contributed by atoms with E-state index in [1.165, 1.54) is 4.90 Å². The van der Waals surface area contributed by atoms with Crippen LogP contribution in [0.3, 0.4) is 0 Å². The zero-order valence-corrected chi connectivity index (χ0v) is 14.5. The van der Waals surface area contributed by atoms with E-state index in [4.69, 9.17) is 9.84 Å². The lowest BCUT2D eigenvalue weighted by Crippen LogP contribution is -2.48. The lowest BCUT2D eigenvalue weighted by atomic mass is 9.97. The third kappa shape index (κ3) is 7.01. The van der Waals surface area contributed by atoms with Crippen LogP contribution in [0.25, 0.3) is 0 Å². The third-order valence-corrected chi connectivity index (χ3v) is 3.57. The predicted molar refractivity (Wildman–Crippen MR) is 90.3 cm³/mol. The Balaban J connectivity index is 2.86. The second-order valence-electron chi connectivity index (χ2n) is 6.78. The number of likely N-dealkylation sites (N-methyl/N-ethyl adjacent to an activating group) is 1. The maximum atomic E-state index is 12.3. The van der Waals surface area contributed by atoms with E-state index in [0.29, 0.717) is 19.3 Å². The van der Waals surface area contributed by atoms with Crippen molar-refractivity contribution in [2.45, 2.75) is 57.8 Å². The number of nitrogens with zero attached hydrogens (tertiary/aromatic N) is 1. The van der Waals surface area contributed by atoms with E-state index in [-0.39, 0.29) is 6.61 Å². The van der Waals surface area contributed by atoms with Gasteiger partial charge < -0.3 is 19.8 Å². The number of hydrogen-bond donors (Lipinski definition) is 2. The molecule has 0 aliphatic rings. The molecule has 1 aromatic carbocycles. The quantitative estimate of drug-likeness (QED) is 0.809. The van der Waals surface area contributed by atoms with E-state index < -0.39 is 23.8 Å². The molecule has 1 rings (SSSR count). The predicted octanol–water partition coefficient (Wildman–Crippen LogP) is 2.60. The zero-order chi connectivity index (χ0) is 17.5. The summed E-state index contributed by atoms with van der Waals surface area (Å²) in [6.07, 6.45) is 0.278. The highest BCUT2D eigenvalue weighted by molar-refractivity contribution is 5.68. The average molecular weight is 323 g/mol. The molecular formula is C18H29NO4. The molecule has 2 atom stereocenters. The van der Waals surface area contributed by atoms with Crippen LogP contribution in [-0.2, 0) is 11.2 Å². The Kier molecular flexibility index (Phi) is 7.52. The molecule has 0 fully saturated rings. The van der Waals surface area contributed by atoms with Crippen molar-refractivity contribution in [3.8, 4) is 0 Å². The van der Waals surface area contributed by atoms with Gasteiger partial charge in [-0.05, 0) is 45.6 Å². The molecule has 5 nitrogen and oxygen atoms in total. The number of hydrogen-bond acceptors (Lipinski definition) is 4. The van der Waals surface area contributed by atoms with Crippen LogP contribution in [0.2, 0.25) is 0 Å². The summed E-state index contributed by atoms with van der Waals surface area (Å²) in [4.78, 5) is 13.8. The van der Waals surface area contributed by atoms with E-state index in [1.54, 1.807) is 7.05 Å². The summed E-state index contributed by atoms with van der Waals surface area (Å²) < 4.78 is 5.40. The summed E-state index contributed by atoms with van der Waals surface area (Å²) in [6, 6.07) is 9.32. The van der Waals surface area contributed by atoms with Gasteiger partial charge in [-0.25, -0.2) is 4.79 Å². The fourth-order valence-electron chi connectivity index (χ4n) is 2.35. The fraction of sp³-hybridized carbons (Fsp3) is 0.611. The SMILES string of the molecule is CN(C(=O)OC(C)(C)C)[C@H](Cc1ccccc1)C(O)CCCO. The summed E-state index contributed by atoms with van der Waals surface area (Å²) in [5.41, 5.74) is 0.453. The van der Waals surface area contributed by atoms with Crippen molar-refractivity contribution in [2.24, 2.45) is 0 Å². The molecule has 0 saturated heterocycles. The van der Waals surface area contributed by atoms with Crippen LogP contribution < -0.4 is 0 Å². The van der Waals surface area contributed by atoms with Crippen LogP contribution in [-0.4, -0.2) is 52.6 Å². The molecule has 0 spiro atoms. The highest BCUT2D eigenvalue weighted by atomic mass is 16.6. The molecule has 23 heavy (non-hydrogen) atoms. The van der Waals surface area contributed by atoms with Crippen molar-refractivity contribution in [2.75, 3.05) is 13.7 Å². The molecule has 0 bridgehead atoms. The molecule has 130 valence electrons. The first-order valence-electron chi connectivity index (χ1n) is 8.03. The molecule has 0 aliphatic carbocycles. The fourth-order valence-corrected chi connectivity index (χ4v) is 2.35. The van der Waals surface area contributed by atoms with Gasteiger partial charge in [-0.1, -0.05) is 30.3 Å². The Morgan fingerprint density at radius 2 is 1.87 bits per heavy atom. The van der Waals surface area contributed by atoms with E-state index in [1.807, 2.05) is 51.1 Å². The van der Waals surface area contributed by atoms with Crippen LogP contribution in [0.4, 0.5) is 4.79 Å². The van der Waals surface area contributed by atoms with E-state index in [2.05, 4.69) is 0 Å². The van der Waals surface area contributed by atoms with Gasteiger partial charge in [-0.3, -0.25) is 0 Å². The highest BCUT2D eigenvalue weighted by Gasteiger charge is 2.30. The monoisotopic (exact) mass is 323 g/mol. The van der Waals surface area contributed by atoms with Crippen molar-refractivity contribution in [1.82, 2.24) is 4.90 Å². The number of rotatable bonds is 7. The Morgan fingerprint density at radius 1 is 1.26 bits per heavy atom. The second kappa shape index (κ2) is 8.89. The summed E-state index contributed by atoms with van der Waals surface area (Å²) in [6.45, 7) is 5.46. The molecule has 2 N–H and O–H groups in total. The number of ether oxygens (including phenoxy) is 1. The Bertz CT molecular complexity index is 470. The first-order valence-corrected chi connectivity index (χ1v) is 8.03. The number of benzene rings is 1. The topological polar surface area (TPSA) is 70.0 Å². The van der Waals surface area contributed by atoms with Gasteiger partial charge in [0.15, 0.2) is 0 Å². The molecule has 0 aromatic heterocycles. The Hall–Kier alpha value is -1.59. The molecule has 0 heterocycles. The van der Waals surface area contributed by atoms with Gasteiger partial charge in [-0.15, -0.1) is 0 Å². The first kappa shape index (κ1) is 19.5. The van der Waals surface area contributed by atoms with Crippen molar-refractivity contribution >= 4 is 6.09 Å². The smallest absolute Gasteiger partial charge is 0.410 e. The maximum absolute atomic E-state index is 12.3. The summed E-state index contributed by atoms with van der Waals surface area (Å²) >= 11 is 0. The van der Waals surface area contributed by atoms with Crippen molar-refractivity contribution in [3.05, 3.63) is 35.9 Å². The summed E-state index contributed by atoms with van der Waals surface area (Å²) in [7, 11) is 1.64. The number of carbonyl (C=O) groups is 1. The Labute approximate surface area is 138 Å². The molecule has 0 aliphatic heterocycles. The standard InChI is InChI=1S/C18H29NO4/c1-18(2,3)23-17(22)19(4)15(16(21)11-8-12-20)13-14-9-6-5-7-10-14/h5-7,9-10,15-16,20-21H,8,11-13H2,1-4H3/t15-,16?/m1/s1. The minimum Gasteiger partial charge on any atom is -0.444 e. The highest BCUT2D eigenvalue weighted by Crippen LogP contribution is 2.18. The van der Waals surface area contributed by atoms with E-state index in [9.17, 15) is 9.90 Å².